The molecule has 0 spiro atoms. The summed E-state index contributed by atoms with van der Waals surface area (Å²) >= 11 is 0. The van der Waals surface area contributed by atoms with E-state index in [1.165, 1.54) is 24.3 Å². The molecule has 0 aliphatic heterocycles. The van der Waals surface area contributed by atoms with Crippen LogP contribution in [0.25, 0.3) is 0 Å². The van der Waals surface area contributed by atoms with Crippen LogP contribution >= 0.6 is 0 Å². The number of anilines is 1. The van der Waals surface area contributed by atoms with Crippen molar-refractivity contribution in [1.82, 2.24) is 0 Å². The maximum atomic E-state index is 12.8. The lowest BCUT2D eigenvalue weighted by Gasteiger charge is -2.13. The fourth-order valence-electron chi connectivity index (χ4n) is 1.83. The van der Waals surface area contributed by atoms with Gasteiger partial charge in [0.2, 0.25) is 0 Å². The Morgan fingerprint density at radius 1 is 1.10 bits per heavy atom. The Kier molecular flexibility index (Phi) is 4.15. The molecule has 0 aliphatic rings. The maximum absolute atomic E-state index is 12.8. The SMILES string of the molecule is Cc1ccc(C(O)C(=O)Nc2ccc(F)cc2)cc1C. The summed E-state index contributed by atoms with van der Waals surface area (Å²) in [6, 6.07) is 10.7. The predicted molar refractivity (Wildman–Crippen MR) is 75.9 cm³/mol. The molecule has 2 rings (SSSR count). The highest BCUT2D eigenvalue weighted by molar-refractivity contribution is 5.94. The minimum atomic E-state index is -1.25. The van der Waals surface area contributed by atoms with Crippen molar-refractivity contribution in [2.45, 2.75) is 20.0 Å². The molecule has 0 radical (unpaired) electrons. The molecule has 0 aromatic heterocycles. The third-order valence-corrected chi connectivity index (χ3v) is 3.21. The highest BCUT2D eigenvalue weighted by Gasteiger charge is 2.17. The van der Waals surface area contributed by atoms with Gasteiger partial charge in [0.05, 0.1) is 0 Å². The number of halogens is 1. The monoisotopic (exact) mass is 273 g/mol. The molecule has 20 heavy (non-hydrogen) atoms. The maximum Gasteiger partial charge on any atom is 0.257 e. The molecule has 4 heteroatoms. The number of rotatable bonds is 3. The fourth-order valence-corrected chi connectivity index (χ4v) is 1.83. The van der Waals surface area contributed by atoms with E-state index in [2.05, 4.69) is 5.32 Å². The number of carbonyl (C=O) groups excluding carboxylic acids is 1. The summed E-state index contributed by atoms with van der Waals surface area (Å²) in [4.78, 5) is 11.9. The number of aliphatic hydroxyl groups is 1. The Labute approximate surface area is 117 Å². The summed E-state index contributed by atoms with van der Waals surface area (Å²) in [5, 5.41) is 12.6. The van der Waals surface area contributed by atoms with Gasteiger partial charge in [-0.25, -0.2) is 4.39 Å². The van der Waals surface area contributed by atoms with Crippen molar-refractivity contribution >= 4 is 11.6 Å². The highest BCUT2D eigenvalue weighted by atomic mass is 19.1. The number of nitrogens with one attached hydrogen (secondary N) is 1. The topological polar surface area (TPSA) is 49.3 Å². The number of carbonyl (C=O) groups is 1. The van der Waals surface area contributed by atoms with E-state index in [-0.39, 0.29) is 5.82 Å². The van der Waals surface area contributed by atoms with Gasteiger partial charge in [0.15, 0.2) is 6.10 Å². The lowest BCUT2D eigenvalue weighted by molar-refractivity contribution is -0.124. The molecule has 1 amide bonds. The van der Waals surface area contributed by atoms with Crippen molar-refractivity contribution in [1.29, 1.82) is 0 Å². The van der Waals surface area contributed by atoms with Crippen molar-refractivity contribution < 1.29 is 14.3 Å². The van der Waals surface area contributed by atoms with Crippen molar-refractivity contribution in [3.63, 3.8) is 0 Å². The second-order valence-electron chi connectivity index (χ2n) is 4.74. The van der Waals surface area contributed by atoms with Crippen LogP contribution in [0.2, 0.25) is 0 Å². The van der Waals surface area contributed by atoms with E-state index in [9.17, 15) is 14.3 Å². The Bertz CT molecular complexity index is 623. The van der Waals surface area contributed by atoms with Crippen LogP contribution in [0.3, 0.4) is 0 Å². The average Bonchev–Trinajstić information content (AvgIpc) is 2.43. The van der Waals surface area contributed by atoms with E-state index in [1.54, 1.807) is 12.1 Å². The molecular formula is C16H16FNO2. The van der Waals surface area contributed by atoms with E-state index in [0.717, 1.165) is 11.1 Å². The van der Waals surface area contributed by atoms with Crippen molar-refractivity contribution in [3.8, 4) is 0 Å². The number of hydrogen-bond acceptors (Lipinski definition) is 2. The van der Waals surface area contributed by atoms with Crippen molar-refractivity contribution in [2.75, 3.05) is 5.32 Å². The van der Waals surface area contributed by atoms with Crippen molar-refractivity contribution in [3.05, 3.63) is 65.0 Å². The average molecular weight is 273 g/mol. The standard InChI is InChI=1S/C16H16FNO2/c1-10-3-4-12(9-11(10)2)15(19)16(20)18-14-7-5-13(17)6-8-14/h3-9,15,19H,1-2H3,(H,18,20). The van der Waals surface area contributed by atoms with E-state index in [0.29, 0.717) is 11.3 Å². The number of amides is 1. The van der Waals surface area contributed by atoms with Gasteiger partial charge in [-0.3, -0.25) is 4.79 Å². The number of hydrogen-bond donors (Lipinski definition) is 2. The molecule has 0 fully saturated rings. The summed E-state index contributed by atoms with van der Waals surface area (Å²) in [5.74, 6) is -0.919. The molecule has 0 saturated heterocycles. The van der Waals surface area contributed by atoms with E-state index >= 15 is 0 Å². The summed E-state index contributed by atoms with van der Waals surface area (Å²) in [5.41, 5.74) is 3.09. The van der Waals surface area contributed by atoms with Crippen LogP contribution in [-0.2, 0) is 4.79 Å². The largest absolute Gasteiger partial charge is 0.378 e. The summed E-state index contributed by atoms with van der Waals surface area (Å²) < 4.78 is 12.8. The van der Waals surface area contributed by atoms with Gasteiger partial charge in [-0.15, -0.1) is 0 Å². The summed E-state index contributed by atoms with van der Waals surface area (Å²) in [7, 11) is 0. The third-order valence-electron chi connectivity index (χ3n) is 3.21. The van der Waals surface area contributed by atoms with Crippen molar-refractivity contribution in [2.24, 2.45) is 0 Å². The van der Waals surface area contributed by atoms with Gasteiger partial charge in [-0.1, -0.05) is 18.2 Å². The third kappa shape index (κ3) is 3.22. The second kappa shape index (κ2) is 5.84. The first-order chi connectivity index (χ1) is 9.47. The minimum absolute atomic E-state index is 0.377. The highest BCUT2D eigenvalue weighted by Crippen LogP contribution is 2.19. The first-order valence-electron chi connectivity index (χ1n) is 6.29. The number of benzene rings is 2. The van der Waals surface area contributed by atoms with Gasteiger partial charge in [0, 0.05) is 5.69 Å². The summed E-state index contributed by atoms with van der Waals surface area (Å²) in [6.07, 6.45) is -1.25. The lowest BCUT2D eigenvalue weighted by atomic mass is 10.0. The predicted octanol–water partition coefficient (Wildman–Crippen LogP) is 3.11. The van der Waals surface area contributed by atoms with Gasteiger partial charge in [-0.2, -0.15) is 0 Å². The van der Waals surface area contributed by atoms with Crippen LogP contribution < -0.4 is 5.32 Å². The minimum Gasteiger partial charge on any atom is -0.378 e. The van der Waals surface area contributed by atoms with Crippen LogP contribution in [0, 0.1) is 19.7 Å². The van der Waals surface area contributed by atoms with Crippen LogP contribution in [0.5, 0.6) is 0 Å². The zero-order chi connectivity index (χ0) is 14.7. The molecule has 3 nitrogen and oxygen atoms in total. The smallest absolute Gasteiger partial charge is 0.257 e. The zero-order valence-corrected chi connectivity index (χ0v) is 11.4. The molecule has 2 aromatic carbocycles. The van der Waals surface area contributed by atoms with Gasteiger partial charge in [-0.05, 0) is 54.8 Å². The lowest BCUT2D eigenvalue weighted by Crippen LogP contribution is -2.20. The molecular weight excluding hydrogens is 257 g/mol. The van der Waals surface area contributed by atoms with Gasteiger partial charge >= 0.3 is 0 Å². The van der Waals surface area contributed by atoms with Gasteiger partial charge in [0.1, 0.15) is 5.82 Å². The fraction of sp³-hybridized carbons (Fsp3) is 0.188. The second-order valence-corrected chi connectivity index (χ2v) is 4.74. The van der Waals surface area contributed by atoms with Crippen LogP contribution in [0.1, 0.15) is 22.8 Å². The molecule has 0 saturated carbocycles. The molecule has 2 aromatic rings. The molecule has 0 aliphatic carbocycles. The molecule has 104 valence electrons. The zero-order valence-electron chi connectivity index (χ0n) is 11.4. The van der Waals surface area contributed by atoms with Gasteiger partial charge in [0.25, 0.3) is 5.91 Å². The van der Waals surface area contributed by atoms with Crippen LogP contribution in [0.4, 0.5) is 10.1 Å². The van der Waals surface area contributed by atoms with Crippen LogP contribution in [0.15, 0.2) is 42.5 Å². The van der Waals surface area contributed by atoms with E-state index < -0.39 is 12.0 Å². The van der Waals surface area contributed by atoms with E-state index in [1.807, 2.05) is 19.9 Å². The summed E-state index contributed by atoms with van der Waals surface area (Å²) in [6.45, 7) is 3.88. The Morgan fingerprint density at radius 3 is 2.35 bits per heavy atom. The van der Waals surface area contributed by atoms with E-state index in [4.69, 9.17) is 0 Å². The molecule has 2 N–H and O–H groups in total. The number of aliphatic hydroxyl groups excluding tert-OH is 1. The first kappa shape index (κ1) is 14.2. The first-order valence-corrected chi connectivity index (χ1v) is 6.29. The van der Waals surface area contributed by atoms with Crippen LogP contribution in [-0.4, -0.2) is 11.0 Å². The molecule has 0 bridgehead atoms. The number of aryl methyl sites for hydroxylation is 2. The Hall–Kier alpha value is -2.20. The Morgan fingerprint density at radius 2 is 1.75 bits per heavy atom. The quantitative estimate of drug-likeness (QED) is 0.902. The normalized spacial score (nSPS) is 12.0. The molecule has 1 atom stereocenters. The molecule has 0 heterocycles. The van der Waals surface area contributed by atoms with Gasteiger partial charge < -0.3 is 10.4 Å². The Balaban J connectivity index is 2.11. The molecule has 1 unspecified atom stereocenters.